The fourth-order valence-electron chi connectivity index (χ4n) is 2.03. The molecule has 2 nitrogen and oxygen atoms in total. The highest BCUT2D eigenvalue weighted by atomic mass is 16.5. The van der Waals surface area contributed by atoms with E-state index >= 15 is 0 Å². The van der Waals surface area contributed by atoms with Gasteiger partial charge in [-0.3, -0.25) is 0 Å². The van der Waals surface area contributed by atoms with E-state index in [1.165, 1.54) is 0 Å². The van der Waals surface area contributed by atoms with Gasteiger partial charge in [0.25, 0.3) is 0 Å². The number of ether oxygens (including phenoxy) is 1. The highest BCUT2D eigenvalue weighted by Crippen LogP contribution is 2.15. The molecule has 0 aliphatic heterocycles. The highest BCUT2D eigenvalue weighted by Gasteiger charge is 2.23. The number of hydrogen-bond donors (Lipinski definition) is 1. The molecule has 0 spiro atoms. The molecule has 17 heavy (non-hydrogen) atoms. The monoisotopic (exact) mass is 239 g/mol. The first kappa shape index (κ1) is 16.5. The largest absolute Gasteiger partial charge is 0.377 e. The SMILES string of the molecule is CC#CCCC(NCCC)C(OCC)C(C)C. The summed E-state index contributed by atoms with van der Waals surface area (Å²) in [5, 5.41) is 3.60. The van der Waals surface area contributed by atoms with Gasteiger partial charge < -0.3 is 10.1 Å². The third-order valence-corrected chi connectivity index (χ3v) is 2.83. The summed E-state index contributed by atoms with van der Waals surface area (Å²) in [6.45, 7) is 12.5. The van der Waals surface area contributed by atoms with Crippen LogP contribution >= 0.6 is 0 Å². The summed E-state index contributed by atoms with van der Waals surface area (Å²) < 4.78 is 5.88. The lowest BCUT2D eigenvalue weighted by atomic mass is 9.95. The van der Waals surface area contributed by atoms with E-state index in [2.05, 4.69) is 44.9 Å². The highest BCUT2D eigenvalue weighted by molar-refractivity contribution is 4.96. The van der Waals surface area contributed by atoms with Crippen molar-refractivity contribution in [3.05, 3.63) is 0 Å². The van der Waals surface area contributed by atoms with Crippen molar-refractivity contribution in [1.82, 2.24) is 5.32 Å². The maximum absolute atomic E-state index is 5.88. The van der Waals surface area contributed by atoms with Gasteiger partial charge in [0, 0.05) is 19.1 Å². The predicted octanol–water partition coefficient (Wildman–Crippen LogP) is 3.22. The van der Waals surface area contributed by atoms with Crippen molar-refractivity contribution in [2.75, 3.05) is 13.2 Å². The molecule has 0 aliphatic rings. The van der Waals surface area contributed by atoms with E-state index in [-0.39, 0.29) is 0 Å². The third-order valence-electron chi connectivity index (χ3n) is 2.83. The fraction of sp³-hybridized carbons (Fsp3) is 0.867. The minimum absolute atomic E-state index is 0.296. The van der Waals surface area contributed by atoms with E-state index < -0.39 is 0 Å². The Bertz CT molecular complexity index is 227. The molecule has 100 valence electrons. The van der Waals surface area contributed by atoms with Crippen LogP contribution < -0.4 is 5.32 Å². The Morgan fingerprint density at radius 1 is 1.24 bits per heavy atom. The van der Waals surface area contributed by atoms with Crippen molar-refractivity contribution in [2.45, 2.75) is 66.0 Å². The van der Waals surface area contributed by atoms with E-state index in [1.807, 2.05) is 6.92 Å². The average molecular weight is 239 g/mol. The molecule has 2 atom stereocenters. The fourth-order valence-corrected chi connectivity index (χ4v) is 2.03. The van der Waals surface area contributed by atoms with Crippen molar-refractivity contribution in [3.63, 3.8) is 0 Å². The second-order valence-corrected chi connectivity index (χ2v) is 4.69. The molecule has 0 aromatic rings. The topological polar surface area (TPSA) is 21.3 Å². The molecule has 0 fully saturated rings. The molecule has 0 saturated heterocycles. The lowest BCUT2D eigenvalue weighted by Gasteiger charge is -2.30. The van der Waals surface area contributed by atoms with Crippen LogP contribution in [0.15, 0.2) is 0 Å². The van der Waals surface area contributed by atoms with E-state index in [4.69, 9.17) is 4.74 Å². The van der Waals surface area contributed by atoms with E-state index in [0.717, 1.165) is 32.4 Å². The molecule has 0 rings (SSSR count). The smallest absolute Gasteiger partial charge is 0.0750 e. The number of nitrogens with one attached hydrogen (secondary N) is 1. The summed E-state index contributed by atoms with van der Waals surface area (Å²) in [5.41, 5.74) is 0. The van der Waals surface area contributed by atoms with Gasteiger partial charge in [0.05, 0.1) is 6.10 Å². The van der Waals surface area contributed by atoms with Gasteiger partial charge in [-0.25, -0.2) is 0 Å². The van der Waals surface area contributed by atoms with Crippen LogP contribution in [-0.2, 0) is 4.74 Å². The van der Waals surface area contributed by atoms with Crippen LogP contribution in [0.3, 0.4) is 0 Å². The van der Waals surface area contributed by atoms with Gasteiger partial charge in [-0.15, -0.1) is 11.8 Å². The van der Waals surface area contributed by atoms with Gasteiger partial charge in [0.1, 0.15) is 0 Å². The van der Waals surface area contributed by atoms with Gasteiger partial charge in [-0.2, -0.15) is 0 Å². The van der Waals surface area contributed by atoms with Crippen LogP contribution in [0.25, 0.3) is 0 Å². The van der Waals surface area contributed by atoms with E-state index in [9.17, 15) is 0 Å². The first-order valence-corrected chi connectivity index (χ1v) is 6.91. The average Bonchev–Trinajstić information content (AvgIpc) is 2.31. The lowest BCUT2D eigenvalue weighted by molar-refractivity contribution is 0.00187. The van der Waals surface area contributed by atoms with Crippen molar-refractivity contribution in [1.29, 1.82) is 0 Å². The van der Waals surface area contributed by atoms with Crippen molar-refractivity contribution >= 4 is 0 Å². The summed E-state index contributed by atoms with van der Waals surface area (Å²) in [4.78, 5) is 0. The first-order chi connectivity index (χ1) is 8.17. The summed E-state index contributed by atoms with van der Waals surface area (Å²) in [6.07, 6.45) is 3.48. The molecule has 0 aromatic heterocycles. The summed E-state index contributed by atoms with van der Waals surface area (Å²) in [5.74, 6) is 6.65. The Labute approximate surface area is 108 Å². The van der Waals surface area contributed by atoms with E-state index in [1.54, 1.807) is 0 Å². The molecule has 0 heterocycles. The molecule has 0 aliphatic carbocycles. The third kappa shape index (κ3) is 7.41. The van der Waals surface area contributed by atoms with Crippen molar-refractivity contribution < 1.29 is 4.74 Å². The van der Waals surface area contributed by atoms with Gasteiger partial charge in [-0.05, 0) is 39.2 Å². The van der Waals surface area contributed by atoms with Crippen molar-refractivity contribution in [2.24, 2.45) is 5.92 Å². The molecular weight excluding hydrogens is 210 g/mol. The first-order valence-electron chi connectivity index (χ1n) is 6.91. The van der Waals surface area contributed by atoms with Crippen LogP contribution in [0.5, 0.6) is 0 Å². The molecule has 0 saturated carbocycles. The summed E-state index contributed by atoms with van der Waals surface area (Å²) in [6, 6.07) is 0.427. The summed E-state index contributed by atoms with van der Waals surface area (Å²) in [7, 11) is 0. The maximum atomic E-state index is 5.88. The van der Waals surface area contributed by atoms with Gasteiger partial charge in [-0.1, -0.05) is 20.8 Å². The molecular formula is C15H29NO. The van der Waals surface area contributed by atoms with Gasteiger partial charge in [0.2, 0.25) is 0 Å². The minimum atomic E-state index is 0.296. The predicted molar refractivity (Wildman–Crippen MR) is 75.0 cm³/mol. The minimum Gasteiger partial charge on any atom is -0.377 e. The van der Waals surface area contributed by atoms with E-state index in [0.29, 0.717) is 18.1 Å². The second-order valence-electron chi connectivity index (χ2n) is 4.69. The van der Waals surface area contributed by atoms with Crippen LogP contribution in [-0.4, -0.2) is 25.3 Å². The van der Waals surface area contributed by atoms with Crippen LogP contribution in [0.2, 0.25) is 0 Å². The zero-order valence-corrected chi connectivity index (χ0v) is 12.2. The Hall–Kier alpha value is -0.520. The Morgan fingerprint density at radius 3 is 2.41 bits per heavy atom. The molecule has 0 bridgehead atoms. The number of rotatable bonds is 9. The van der Waals surface area contributed by atoms with Crippen LogP contribution in [0.1, 0.15) is 53.9 Å². The maximum Gasteiger partial charge on any atom is 0.0750 e. The second kappa shape index (κ2) is 10.6. The molecule has 2 unspecified atom stereocenters. The molecule has 1 N–H and O–H groups in total. The number of hydrogen-bond acceptors (Lipinski definition) is 2. The normalized spacial score (nSPS) is 14.2. The Kier molecular flexibility index (Phi) is 10.3. The van der Waals surface area contributed by atoms with Gasteiger partial charge >= 0.3 is 0 Å². The standard InChI is InChI=1S/C15H29NO/c1-6-9-10-11-14(16-12-7-2)15(13(4)5)17-8-3/h13-16H,7-8,10-12H2,1-5H3. The summed E-state index contributed by atoms with van der Waals surface area (Å²) >= 11 is 0. The van der Waals surface area contributed by atoms with Gasteiger partial charge in [0.15, 0.2) is 0 Å². The Balaban J connectivity index is 4.40. The van der Waals surface area contributed by atoms with Crippen LogP contribution in [0.4, 0.5) is 0 Å². The lowest BCUT2D eigenvalue weighted by Crippen LogP contribution is -2.44. The van der Waals surface area contributed by atoms with Crippen LogP contribution in [0, 0.1) is 17.8 Å². The molecule has 0 radical (unpaired) electrons. The Morgan fingerprint density at radius 2 is 1.94 bits per heavy atom. The van der Waals surface area contributed by atoms with Crippen molar-refractivity contribution in [3.8, 4) is 11.8 Å². The molecule has 2 heteroatoms. The quantitative estimate of drug-likeness (QED) is 0.624. The molecule has 0 aromatic carbocycles. The molecule has 0 amide bonds. The zero-order valence-electron chi connectivity index (χ0n) is 12.2. The zero-order chi connectivity index (χ0) is 13.1.